The summed E-state index contributed by atoms with van der Waals surface area (Å²) in [4.78, 5) is 0. The van der Waals surface area contributed by atoms with Crippen molar-refractivity contribution in [3.8, 4) is 0 Å². The molecule has 0 N–H and O–H groups in total. The topological polar surface area (TPSA) is 55.4 Å². The fourth-order valence-corrected chi connectivity index (χ4v) is 2.35. The van der Waals surface area contributed by atoms with Gasteiger partial charge in [-0.2, -0.15) is 0 Å². The van der Waals surface area contributed by atoms with Crippen LogP contribution < -0.4 is 0 Å². The number of hydrogen-bond donors (Lipinski definition) is 0. The molecule has 144 valence electrons. The van der Waals surface area contributed by atoms with Gasteiger partial charge in [0.2, 0.25) is 0 Å². The van der Waals surface area contributed by atoms with Crippen molar-refractivity contribution in [1.82, 2.24) is 0 Å². The molecule has 0 amide bonds. The van der Waals surface area contributed by atoms with Crippen LogP contribution in [0, 0.1) is 5.92 Å². The van der Waals surface area contributed by atoms with Crippen molar-refractivity contribution in [2.75, 3.05) is 39.6 Å². The molecule has 6 heteroatoms. The third kappa shape index (κ3) is 8.99. The summed E-state index contributed by atoms with van der Waals surface area (Å²) in [7, 11) is 0. The van der Waals surface area contributed by atoms with Crippen molar-refractivity contribution in [3.05, 3.63) is 12.3 Å². The molecule has 0 aromatic rings. The van der Waals surface area contributed by atoms with Gasteiger partial charge in [0, 0.05) is 33.0 Å². The molecule has 0 spiro atoms. The minimum Gasteiger partial charge on any atom is -0.502 e. The molecule has 24 heavy (non-hydrogen) atoms. The zero-order valence-electron chi connectivity index (χ0n) is 16.2. The fraction of sp³-hybridized carbons (Fsp3) is 0.889. The van der Waals surface area contributed by atoms with Crippen molar-refractivity contribution in [2.45, 2.75) is 60.2 Å². The maximum absolute atomic E-state index is 5.91. The average molecular weight is 348 g/mol. The van der Waals surface area contributed by atoms with E-state index >= 15 is 0 Å². The molecule has 0 bridgehead atoms. The molecule has 1 unspecified atom stereocenters. The van der Waals surface area contributed by atoms with E-state index in [9.17, 15) is 0 Å². The molecule has 0 aromatic carbocycles. The monoisotopic (exact) mass is 348 g/mol. The highest BCUT2D eigenvalue weighted by Gasteiger charge is 2.38. The Hall–Kier alpha value is -0.660. The summed E-state index contributed by atoms with van der Waals surface area (Å²) in [6.07, 6.45) is 2.22. The van der Waals surface area contributed by atoms with Crippen LogP contribution in [0.15, 0.2) is 12.3 Å². The van der Waals surface area contributed by atoms with Crippen LogP contribution in [0.4, 0.5) is 0 Å². The molecule has 0 aliphatic carbocycles. The smallest absolute Gasteiger partial charge is 0.168 e. The lowest BCUT2D eigenvalue weighted by Crippen LogP contribution is -2.46. The van der Waals surface area contributed by atoms with Crippen molar-refractivity contribution in [1.29, 1.82) is 0 Å². The largest absolute Gasteiger partial charge is 0.502 e. The zero-order chi connectivity index (χ0) is 18.2. The van der Waals surface area contributed by atoms with Gasteiger partial charge in [0.25, 0.3) is 0 Å². The molecule has 1 atom stereocenters. The highest BCUT2D eigenvalue weighted by Crippen LogP contribution is 2.26. The molecule has 0 saturated heterocycles. The van der Waals surface area contributed by atoms with Crippen LogP contribution in [-0.2, 0) is 28.4 Å². The Morgan fingerprint density at radius 3 is 1.33 bits per heavy atom. The van der Waals surface area contributed by atoms with Crippen LogP contribution in [-0.4, -0.2) is 58.3 Å². The standard InChI is InChI=1S/C18H36O6/c1-7-19-14-13-15(20-8-2)16(17(21-9-3)22-10-4)18(23-11-5)24-12-6/h13-18H,7-12H2,1-6H3. The van der Waals surface area contributed by atoms with Gasteiger partial charge in [0.05, 0.1) is 24.9 Å². The van der Waals surface area contributed by atoms with Crippen LogP contribution >= 0.6 is 0 Å². The Labute approximate surface area is 147 Å². The van der Waals surface area contributed by atoms with Gasteiger partial charge in [-0.1, -0.05) is 0 Å². The van der Waals surface area contributed by atoms with Gasteiger partial charge in [0.1, 0.15) is 0 Å². The van der Waals surface area contributed by atoms with Gasteiger partial charge < -0.3 is 28.4 Å². The molecule has 6 nitrogen and oxygen atoms in total. The Morgan fingerprint density at radius 2 is 1.00 bits per heavy atom. The van der Waals surface area contributed by atoms with E-state index in [0.29, 0.717) is 39.6 Å². The highest BCUT2D eigenvalue weighted by atomic mass is 16.7. The summed E-state index contributed by atoms with van der Waals surface area (Å²) in [5.74, 6) is -0.276. The van der Waals surface area contributed by atoms with Crippen molar-refractivity contribution in [3.63, 3.8) is 0 Å². The highest BCUT2D eigenvalue weighted by molar-refractivity contribution is 4.92. The van der Waals surface area contributed by atoms with Crippen LogP contribution in [0.1, 0.15) is 41.5 Å². The Kier molecular flexibility index (Phi) is 15.4. The summed E-state index contributed by atoms with van der Waals surface area (Å²) in [5.41, 5.74) is 0. The first-order valence-corrected chi connectivity index (χ1v) is 9.06. The molecule has 0 aromatic heterocycles. The summed E-state index contributed by atoms with van der Waals surface area (Å²) in [5, 5.41) is 0. The first-order chi connectivity index (χ1) is 11.7. The molecule has 0 rings (SSSR count). The third-order valence-electron chi connectivity index (χ3n) is 3.22. The van der Waals surface area contributed by atoms with E-state index in [-0.39, 0.29) is 12.0 Å². The second-order valence-corrected chi connectivity index (χ2v) is 4.84. The van der Waals surface area contributed by atoms with E-state index < -0.39 is 12.6 Å². The third-order valence-corrected chi connectivity index (χ3v) is 3.22. The fourth-order valence-electron chi connectivity index (χ4n) is 2.35. The number of rotatable bonds is 16. The number of ether oxygens (including phenoxy) is 6. The molecule has 0 radical (unpaired) electrons. The minimum atomic E-state index is -0.495. The lowest BCUT2D eigenvalue weighted by Gasteiger charge is -2.36. The predicted octanol–water partition coefficient (Wildman–Crippen LogP) is 3.36. The van der Waals surface area contributed by atoms with E-state index in [2.05, 4.69) is 0 Å². The van der Waals surface area contributed by atoms with Gasteiger partial charge in [-0.3, -0.25) is 0 Å². The quantitative estimate of drug-likeness (QED) is 0.315. The molecule has 0 aliphatic heterocycles. The van der Waals surface area contributed by atoms with Crippen LogP contribution in [0.3, 0.4) is 0 Å². The first kappa shape index (κ1) is 23.3. The molecular weight excluding hydrogens is 312 g/mol. The Bertz CT molecular complexity index is 269. The van der Waals surface area contributed by atoms with Gasteiger partial charge in [0.15, 0.2) is 12.6 Å². The molecule has 0 saturated carbocycles. The molecule has 0 aliphatic rings. The average Bonchev–Trinajstić information content (AvgIpc) is 2.56. The van der Waals surface area contributed by atoms with E-state index in [0.717, 1.165) is 0 Å². The summed E-state index contributed by atoms with van der Waals surface area (Å²) >= 11 is 0. The van der Waals surface area contributed by atoms with Gasteiger partial charge >= 0.3 is 0 Å². The summed E-state index contributed by atoms with van der Waals surface area (Å²) in [6.45, 7) is 14.9. The number of hydrogen-bond acceptors (Lipinski definition) is 6. The van der Waals surface area contributed by atoms with E-state index in [1.165, 1.54) is 0 Å². The van der Waals surface area contributed by atoms with Crippen molar-refractivity contribution in [2.24, 2.45) is 5.92 Å². The molecule has 0 heterocycles. The maximum Gasteiger partial charge on any atom is 0.168 e. The van der Waals surface area contributed by atoms with Gasteiger partial charge in [-0.05, 0) is 47.6 Å². The van der Waals surface area contributed by atoms with Crippen LogP contribution in [0.25, 0.3) is 0 Å². The van der Waals surface area contributed by atoms with Crippen molar-refractivity contribution >= 4 is 0 Å². The van der Waals surface area contributed by atoms with Gasteiger partial charge in [-0.15, -0.1) is 0 Å². The Morgan fingerprint density at radius 1 is 0.583 bits per heavy atom. The van der Waals surface area contributed by atoms with Gasteiger partial charge in [-0.25, -0.2) is 0 Å². The lowest BCUT2D eigenvalue weighted by molar-refractivity contribution is -0.265. The molecular formula is C18H36O6. The summed E-state index contributed by atoms with van der Waals surface area (Å²) in [6, 6.07) is 0. The lowest BCUT2D eigenvalue weighted by atomic mass is 10.00. The summed E-state index contributed by atoms with van der Waals surface area (Å²) < 4.78 is 34.5. The van der Waals surface area contributed by atoms with E-state index in [4.69, 9.17) is 28.4 Å². The SMILES string of the molecule is CCOC=CC(OCC)C(C(OCC)OCC)C(OCC)OCC. The van der Waals surface area contributed by atoms with Crippen molar-refractivity contribution < 1.29 is 28.4 Å². The van der Waals surface area contributed by atoms with Crippen LogP contribution in [0.2, 0.25) is 0 Å². The minimum absolute atomic E-state index is 0.276. The van der Waals surface area contributed by atoms with E-state index in [1.807, 2.05) is 47.6 Å². The molecule has 0 fully saturated rings. The zero-order valence-corrected chi connectivity index (χ0v) is 16.2. The predicted molar refractivity (Wildman–Crippen MR) is 93.8 cm³/mol. The second kappa shape index (κ2) is 15.8. The Balaban J connectivity index is 5.53. The normalized spacial score (nSPS) is 13.5. The van der Waals surface area contributed by atoms with E-state index in [1.54, 1.807) is 6.26 Å². The second-order valence-electron chi connectivity index (χ2n) is 4.84. The maximum atomic E-state index is 5.91. The van der Waals surface area contributed by atoms with Crippen LogP contribution in [0.5, 0.6) is 0 Å². The first-order valence-electron chi connectivity index (χ1n) is 9.06.